The number of carbonyl (C=O) groups excluding carboxylic acids is 1. The zero-order valence-electron chi connectivity index (χ0n) is 14.0. The topological polar surface area (TPSA) is 41.5 Å². The van der Waals surface area contributed by atoms with Crippen molar-refractivity contribution in [3.05, 3.63) is 82.3 Å². The molecule has 0 spiro atoms. The molecule has 0 aliphatic rings. The molecular weight excluding hydrogens is 376 g/mol. The van der Waals surface area contributed by atoms with Gasteiger partial charge in [-0.3, -0.25) is 4.79 Å². The van der Waals surface area contributed by atoms with Gasteiger partial charge in [0.1, 0.15) is 0 Å². The molecule has 4 heteroatoms. The van der Waals surface area contributed by atoms with Crippen LogP contribution in [0, 0.1) is 0 Å². The van der Waals surface area contributed by atoms with Crippen LogP contribution in [-0.2, 0) is 11.2 Å². The molecular formula is C21H19BrN2O. The molecule has 0 fully saturated rings. The summed E-state index contributed by atoms with van der Waals surface area (Å²) in [5.74, 6) is -0.116. The first kappa shape index (κ1) is 17.4. The van der Waals surface area contributed by atoms with Gasteiger partial charge in [-0.25, -0.2) is 5.43 Å². The van der Waals surface area contributed by atoms with E-state index in [0.717, 1.165) is 38.5 Å². The van der Waals surface area contributed by atoms with Crippen LogP contribution in [0.4, 0.5) is 0 Å². The minimum atomic E-state index is -0.116. The fraction of sp³-hybridized carbons (Fsp3) is 0.143. The number of nitrogens with one attached hydrogen (secondary N) is 1. The van der Waals surface area contributed by atoms with Gasteiger partial charge in [0.15, 0.2) is 0 Å². The normalized spacial score (nSPS) is 11.5. The molecule has 0 atom stereocenters. The Morgan fingerprint density at radius 3 is 2.36 bits per heavy atom. The Morgan fingerprint density at radius 1 is 0.960 bits per heavy atom. The molecule has 1 N–H and O–H groups in total. The molecule has 3 rings (SSSR count). The van der Waals surface area contributed by atoms with Crippen molar-refractivity contribution in [2.75, 3.05) is 0 Å². The summed E-state index contributed by atoms with van der Waals surface area (Å²) in [6.45, 7) is 2.03. The monoisotopic (exact) mass is 394 g/mol. The van der Waals surface area contributed by atoms with E-state index in [0.29, 0.717) is 6.42 Å². The fourth-order valence-corrected chi connectivity index (χ4v) is 3.28. The summed E-state index contributed by atoms with van der Waals surface area (Å²) in [5, 5.41) is 6.50. The third kappa shape index (κ3) is 4.15. The second kappa shape index (κ2) is 8.08. The minimum Gasteiger partial charge on any atom is -0.273 e. The lowest BCUT2D eigenvalue weighted by atomic mass is 10.0. The van der Waals surface area contributed by atoms with Crippen LogP contribution in [0.3, 0.4) is 0 Å². The molecule has 0 saturated carbocycles. The Morgan fingerprint density at radius 2 is 1.64 bits per heavy atom. The maximum atomic E-state index is 12.4. The minimum absolute atomic E-state index is 0.116. The SMILES string of the molecule is CCC(=NNC(=O)Cc1ccc(Br)c2ccccc12)c1ccccc1. The number of hydrogen-bond acceptors (Lipinski definition) is 2. The number of amides is 1. The van der Waals surface area contributed by atoms with Crippen LogP contribution in [-0.4, -0.2) is 11.6 Å². The Hall–Kier alpha value is -2.46. The molecule has 0 saturated heterocycles. The molecule has 0 heterocycles. The van der Waals surface area contributed by atoms with Crippen molar-refractivity contribution in [1.82, 2.24) is 5.43 Å². The molecule has 0 aliphatic heterocycles. The first-order valence-corrected chi connectivity index (χ1v) is 9.05. The third-order valence-electron chi connectivity index (χ3n) is 4.07. The summed E-state index contributed by atoms with van der Waals surface area (Å²) in [7, 11) is 0. The molecule has 0 unspecified atom stereocenters. The van der Waals surface area contributed by atoms with Crippen LogP contribution in [0.5, 0.6) is 0 Å². The number of hydrazone groups is 1. The summed E-state index contributed by atoms with van der Waals surface area (Å²) in [4.78, 5) is 12.4. The van der Waals surface area contributed by atoms with Crippen molar-refractivity contribution in [2.24, 2.45) is 5.10 Å². The number of rotatable bonds is 5. The van der Waals surface area contributed by atoms with Crippen molar-refractivity contribution in [3.63, 3.8) is 0 Å². The molecule has 126 valence electrons. The van der Waals surface area contributed by atoms with Gasteiger partial charge in [-0.05, 0) is 34.4 Å². The van der Waals surface area contributed by atoms with E-state index in [1.54, 1.807) is 0 Å². The lowest BCUT2D eigenvalue weighted by Crippen LogP contribution is -2.22. The van der Waals surface area contributed by atoms with Gasteiger partial charge in [-0.15, -0.1) is 0 Å². The van der Waals surface area contributed by atoms with Crippen LogP contribution in [0.25, 0.3) is 10.8 Å². The van der Waals surface area contributed by atoms with Crippen LogP contribution >= 0.6 is 15.9 Å². The van der Waals surface area contributed by atoms with E-state index >= 15 is 0 Å². The van der Waals surface area contributed by atoms with E-state index in [4.69, 9.17) is 0 Å². The van der Waals surface area contributed by atoms with E-state index in [2.05, 4.69) is 26.5 Å². The van der Waals surface area contributed by atoms with Crippen molar-refractivity contribution in [2.45, 2.75) is 19.8 Å². The van der Waals surface area contributed by atoms with Crippen molar-refractivity contribution in [1.29, 1.82) is 0 Å². The molecule has 1 amide bonds. The average Bonchev–Trinajstić information content (AvgIpc) is 2.66. The summed E-state index contributed by atoms with van der Waals surface area (Å²) in [6, 6.07) is 21.9. The standard InChI is InChI=1S/C21H19BrN2O/c1-2-20(15-8-4-3-5-9-15)23-24-21(25)14-16-12-13-19(22)18-11-7-6-10-17(16)18/h3-13H,2,14H2,1H3,(H,24,25). The van der Waals surface area contributed by atoms with Crippen molar-refractivity contribution < 1.29 is 4.79 Å². The van der Waals surface area contributed by atoms with Gasteiger partial charge in [0.25, 0.3) is 0 Å². The highest BCUT2D eigenvalue weighted by Crippen LogP contribution is 2.27. The second-order valence-electron chi connectivity index (χ2n) is 5.74. The molecule has 0 aromatic heterocycles. The lowest BCUT2D eigenvalue weighted by molar-refractivity contribution is -0.120. The molecule has 0 radical (unpaired) electrons. The number of fused-ring (bicyclic) bond motifs is 1. The summed E-state index contributed by atoms with van der Waals surface area (Å²) < 4.78 is 1.03. The quantitative estimate of drug-likeness (QED) is 0.475. The maximum absolute atomic E-state index is 12.4. The van der Waals surface area contributed by atoms with Gasteiger partial charge in [0, 0.05) is 4.47 Å². The van der Waals surface area contributed by atoms with Gasteiger partial charge in [0.05, 0.1) is 12.1 Å². The van der Waals surface area contributed by atoms with Crippen LogP contribution in [0.2, 0.25) is 0 Å². The highest BCUT2D eigenvalue weighted by atomic mass is 79.9. The predicted molar refractivity (Wildman–Crippen MR) is 107 cm³/mol. The molecule has 3 aromatic carbocycles. The van der Waals surface area contributed by atoms with Gasteiger partial charge in [-0.1, -0.05) is 83.5 Å². The van der Waals surface area contributed by atoms with Gasteiger partial charge in [0.2, 0.25) is 5.91 Å². The van der Waals surface area contributed by atoms with Crippen molar-refractivity contribution in [3.8, 4) is 0 Å². The Bertz CT molecular complexity index is 920. The van der Waals surface area contributed by atoms with Gasteiger partial charge >= 0.3 is 0 Å². The maximum Gasteiger partial charge on any atom is 0.244 e. The molecule has 0 aliphatic carbocycles. The number of benzene rings is 3. The largest absolute Gasteiger partial charge is 0.273 e. The van der Waals surface area contributed by atoms with E-state index in [1.165, 1.54) is 0 Å². The second-order valence-corrected chi connectivity index (χ2v) is 6.60. The number of halogens is 1. The molecule has 3 aromatic rings. The molecule has 0 bridgehead atoms. The zero-order chi connectivity index (χ0) is 17.6. The summed E-state index contributed by atoms with van der Waals surface area (Å²) in [6.07, 6.45) is 1.05. The van der Waals surface area contributed by atoms with Crippen LogP contribution in [0.15, 0.2) is 76.3 Å². The summed E-state index contributed by atoms with van der Waals surface area (Å²) >= 11 is 3.56. The first-order valence-electron chi connectivity index (χ1n) is 8.26. The number of hydrogen-bond donors (Lipinski definition) is 1. The van der Waals surface area contributed by atoms with E-state index in [-0.39, 0.29) is 5.91 Å². The van der Waals surface area contributed by atoms with E-state index < -0.39 is 0 Å². The van der Waals surface area contributed by atoms with Crippen molar-refractivity contribution >= 4 is 38.3 Å². The Kier molecular flexibility index (Phi) is 5.61. The highest BCUT2D eigenvalue weighted by Gasteiger charge is 2.09. The lowest BCUT2D eigenvalue weighted by Gasteiger charge is -2.08. The third-order valence-corrected chi connectivity index (χ3v) is 4.76. The van der Waals surface area contributed by atoms with Gasteiger partial charge < -0.3 is 0 Å². The van der Waals surface area contributed by atoms with E-state index in [9.17, 15) is 4.79 Å². The van der Waals surface area contributed by atoms with E-state index in [1.807, 2.05) is 73.7 Å². The Labute approximate surface area is 155 Å². The van der Waals surface area contributed by atoms with Gasteiger partial charge in [-0.2, -0.15) is 5.10 Å². The average molecular weight is 395 g/mol. The first-order chi connectivity index (χ1) is 12.2. The number of carbonyl (C=O) groups is 1. The number of nitrogens with zero attached hydrogens (tertiary/aromatic N) is 1. The van der Waals surface area contributed by atoms with Crippen LogP contribution < -0.4 is 5.43 Å². The smallest absolute Gasteiger partial charge is 0.244 e. The van der Waals surface area contributed by atoms with Crippen LogP contribution in [0.1, 0.15) is 24.5 Å². The summed E-state index contributed by atoms with van der Waals surface area (Å²) in [5.41, 5.74) is 5.58. The molecule has 25 heavy (non-hydrogen) atoms. The highest BCUT2D eigenvalue weighted by molar-refractivity contribution is 9.10. The zero-order valence-corrected chi connectivity index (χ0v) is 15.6. The fourth-order valence-electron chi connectivity index (χ4n) is 2.80. The Balaban J connectivity index is 1.77. The predicted octanol–water partition coefficient (Wildman–Crippen LogP) is 5.08. The molecule has 3 nitrogen and oxygen atoms in total.